The molecular formula is C10H16N2O3S. The van der Waals surface area contributed by atoms with Crippen molar-refractivity contribution < 1.29 is 12.8 Å². The fraction of sp³-hybridized carbons (Fsp3) is 0.700. The molecule has 0 aliphatic carbocycles. The standard InChI is InChI=1S/C10H16N2O3S/c1-7-5-11-10(15-7)8(2)12-9-3-4-16(13,14)6-9/h5,8-9,12H,3-4,6H2,1-2H3. The van der Waals surface area contributed by atoms with Gasteiger partial charge in [-0.1, -0.05) is 0 Å². The molecule has 0 spiro atoms. The van der Waals surface area contributed by atoms with Crippen molar-refractivity contribution in [3.63, 3.8) is 0 Å². The number of rotatable bonds is 3. The third kappa shape index (κ3) is 2.62. The molecule has 1 aromatic heterocycles. The maximum absolute atomic E-state index is 11.3. The van der Waals surface area contributed by atoms with Crippen LogP contribution in [0.2, 0.25) is 0 Å². The lowest BCUT2D eigenvalue weighted by molar-refractivity contribution is 0.379. The molecular weight excluding hydrogens is 228 g/mol. The van der Waals surface area contributed by atoms with E-state index in [1.54, 1.807) is 6.20 Å². The van der Waals surface area contributed by atoms with Crippen LogP contribution in [0.3, 0.4) is 0 Å². The van der Waals surface area contributed by atoms with Crippen molar-refractivity contribution in [2.24, 2.45) is 0 Å². The average Bonchev–Trinajstić information content (AvgIpc) is 2.73. The lowest BCUT2D eigenvalue weighted by atomic mass is 10.2. The maximum Gasteiger partial charge on any atom is 0.211 e. The van der Waals surface area contributed by atoms with E-state index < -0.39 is 9.84 Å². The van der Waals surface area contributed by atoms with Gasteiger partial charge in [-0.05, 0) is 20.3 Å². The number of aryl methyl sites for hydroxylation is 1. The van der Waals surface area contributed by atoms with Crippen molar-refractivity contribution in [1.29, 1.82) is 0 Å². The Balaban J connectivity index is 1.96. The number of hydrogen-bond donors (Lipinski definition) is 1. The van der Waals surface area contributed by atoms with E-state index in [2.05, 4.69) is 10.3 Å². The molecule has 1 N–H and O–H groups in total. The zero-order valence-electron chi connectivity index (χ0n) is 9.43. The highest BCUT2D eigenvalue weighted by atomic mass is 32.2. The second kappa shape index (κ2) is 4.18. The van der Waals surface area contributed by atoms with Crippen LogP contribution in [0.15, 0.2) is 10.6 Å². The van der Waals surface area contributed by atoms with E-state index in [-0.39, 0.29) is 23.6 Å². The maximum atomic E-state index is 11.3. The zero-order chi connectivity index (χ0) is 11.8. The highest BCUT2D eigenvalue weighted by molar-refractivity contribution is 7.91. The Morgan fingerprint density at radius 3 is 2.88 bits per heavy atom. The van der Waals surface area contributed by atoms with Gasteiger partial charge in [-0.2, -0.15) is 0 Å². The van der Waals surface area contributed by atoms with E-state index in [0.29, 0.717) is 12.3 Å². The van der Waals surface area contributed by atoms with Crippen molar-refractivity contribution in [2.45, 2.75) is 32.4 Å². The Morgan fingerprint density at radius 2 is 2.38 bits per heavy atom. The van der Waals surface area contributed by atoms with Gasteiger partial charge >= 0.3 is 0 Å². The van der Waals surface area contributed by atoms with Gasteiger partial charge in [0.25, 0.3) is 0 Å². The number of aromatic nitrogens is 1. The summed E-state index contributed by atoms with van der Waals surface area (Å²) in [7, 11) is -2.83. The summed E-state index contributed by atoms with van der Waals surface area (Å²) in [5.41, 5.74) is 0. The van der Waals surface area contributed by atoms with Gasteiger partial charge in [0.2, 0.25) is 5.89 Å². The number of sulfone groups is 1. The van der Waals surface area contributed by atoms with Crippen LogP contribution < -0.4 is 5.32 Å². The summed E-state index contributed by atoms with van der Waals surface area (Å²) in [6, 6.07) is -0.0285. The first-order chi connectivity index (χ1) is 7.46. The molecule has 2 rings (SSSR count). The molecule has 1 saturated heterocycles. The van der Waals surface area contributed by atoms with Crippen molar-refractivity contribution in [3.8, 4) is 0 Å². The van der Waals surface area contributed by atoms with E-state index in [1.165, 1.54) is 0 Å². The second-order valence-electron chi connectivity index (χ2n) is 4.30. The Kier molecular flexibility index (Phi) is 3.03. The van der Waals surface area contributed by atoms with E-state index in [9.17, 15) is 8.42 Å². The van der Waals surface area contributed by atoms with Crippen LogP contribution in [-0.2, 0) is 9.84 Å². The smallest absolute Gasteiger partial charge is 0.211 e. The summed E-state index contributed by atoms with van der Waals surface area (Å²) >= 11 is 0. The van der Waals surface area contributed by atoms with Crippen molar-refractivity contribution in [2.75, 3.05) is 11.5 Å². The minimum atomic E-state index is -2.83. The molecule has 5 nitrogen and oxygen atoms in total. The predicted molar refractivity (Wildman–Crippen MR) is 59.8 cm³/mol. The summed E-state index contributed by atoms with van der Waals surface area (Å²) in [4.78, 5) is 4.12. The normalized spacial score (nSPS) is 25.8. The van der Waals surface area contributed by atoms with Crippen LogP contribution in [0.5, 0.6) is 0 Å². The van der Waals surface area contributed by atoms with Crippen LogP contribution in [0, 0.1) is 6.92 Å². The molecule has 0 bridgehead atoms. The average molecular weight is 244 g/mol. The van der Waals surface area contributed by atoms with E-state index in [1.807, 2.05) is 13.8 Å². The van der Waals surface area contributed by atoms with Gasteiger partial charge in [0, 0.05) is 6.04 Å². The molecule has 2 heterocycles. The summed E-state index contributed by atoms with van der Waals surface area (Å²) in [6.07, 6.45) is 2.34. The first-order valence-electron chi connectivity index (χ1n) is 5.35. The molecule has 6 heteroatoms. The first kappa shape index (κ1) is 11.6. The number of nitrogens with zero attached hydrogens (tertiary/aromatic N) is 1. The minimum Gasteiger partial charge on any atom is -0.444 e. The van der Waals surface area contributed by atoms with Crippen molar-refractivity contribution in [3.05, 3.63) is 17.8 Å². The van der Waals surface area contributed by atoms with Gasteiger partial charge < -0.3 is 9.73 Å². The van der Waals surface area contributed by atoms with E-state index in [4.69, 9.17) is 4.42 Å². The van der Waals surface area contributed by atoms with Crippen LogP contribution in [0.1, 0.15) is 31.0 Å². The van der Waals surface area contributed by atoms with Crippen LogP contribution in [0.4, 0.5) is 0 Å². The summed E-state index contributed by atoms with van der Waals surface area (Å²) in [6.45, 7) is 3.76. The predicted octanol–water partition coefficient (Wildman–Crippen LogP) is 0.821. The van der Waals surface area contributed by atoms with Gasteiger partial charge in [0.1, 0.15) is 5.76 Å². The van der Waals surface area contributed by atoms with Gasteiger partial charge in [-0.25, -0.2) is 13.4 Å². The molecule has 2 unspecified atom stereocenters. The molecule has 0 aromatic carbocycles. The quantitative estimate of drug-likeness (QED) is 0.852. The molecule has 1 fully saturated rings. The molecule has 0 saturated carbocycles. The molecule has 1 aliphatic heterocycles. The Bertz CT molecular complexity index is 466. The minimum absolute atomic E-state index is 0.0206. The Labute approximate surface area is 95.2 Å². The fourth-order valence-electron chi connectivity index (χ4n) is 1.92. The summed E-state index contributed by atoms with van der Waals surface area (Å²) in [5.74, 6) is 1.88. The summed E-state index contributed by atoms with van der Waals surface area (Å²) in [5, 5.41) is 3.23. The highest BCUT2D eigenvalue weighted by Gasteiger charge is 2.29. The Morgan fingerprint density at radius 1 is 1.62 bits per heavy atom. The third-order valence-corrected chi connectivity index (χ3v) is 4.50. The third-order valence-electron chi connectivity index (χ3n) is 2.73. The van der Waals surface area contributed by atoms with Gasteiger partial charge in [0.05, 0.1) is 23.7 Å². The second-order valence-corrected chi connectivity index (χ2v) is 6.53. The SMILES string of the molecule is Cc1cnc(C(C)NC2CCS(=O)(=O)C2)o1. The van der Waals surface area contributed by atoms with Crippen LogP contribution in [-0.4, -0.2) is 30.9 Å². The lowest BCUT2D eigenvalue weighted by Crippen LogP contribution is -2.32. The van der Waals surface area contributed by atoms with Gasteiger partial charge in [-0.3, -0.25) is 0 Å². The molecule has 2 atom stereocenters. The monoisotopic (exact) mass is 244 g/mol. The van der Waals surface area contributed by atoms with Crippen LogP contribution in [0.25, 0.3) is 0 Å². The number of oxazole rings is 1. The van der Waals surface area contributed by atoms with Crippen LogP contribution >= 0.6 is 0 Å². The number of hydrogen-bond acceptors (Lipinski definition) is 5. The van der Waals surface area contributed by atoms with Gasteiger partial charge in [0.15, 0.2) is 9.84 Å². The molecule has 90 valence electrons. The topological polar surface area (TPSA) is 72.2 Å². The summed E-state index contributed by atoms with van der Waals surface area (Å²) < 4.78 is 28.0. The van der Waals surface area contributed by atoms with E-state index in [0.717, 1.165) is 5.76 Å². The zero-order valence-corrected chi connectivity index (χ0v) is 10.3. The Hall–Kier alpha value is -0.880. The lowest BCUT2D eigenvalue weighted by Gasteiger charge is -2.15. The first-order valence-corrected chi connectivity index (χ1v) is 7.17. The molecule has 1 aromatic rings. The van der Waals surface area contributed by atoms with Gasteiger partial charge in [-0.15, -0.1) is 0 Å². The van der Waals surface area contributed by atoms with Crippen molar-refractivity contribution in [1.82, 2.24) is 10.3 Å². The molecule has 0 amide bonds. The largest absolute Gasteiger partial charge is 0.444 e. The molecule has 0 radical (unpaired) electrons. The van der Waals surface area contributed by atoms with E-state index >= 15 is 0 Å². The number of nitrogens with one attached hydrogen (secondary N) is 1. The van der Waals surface area contributed by atoms with Crippen molar-refractivity contribution >= 4 is 9.84 Å². The fourth-order valence-corrected chi connectivity index (χ4v) is 3.61. The molecule has 16 heavy (non-hydrogen) atoms. The highest BCUT2D eigenvalue weighted by Crippen LogP contribution is 2.17. The molecule has 1 aliphatic rings.